The summed E-state index contributed by atoms with van der Waals surface area (Å²) in [6.45, 7) is 6.70. The van der Waals surface area contributed by atoms with Gasteiger partial charge in [0.15, 0.2) is 5.69 Å². The Bertz CT molecular complexity index is 1300. The minimum Gasteiger partial charge on any atom is -0.508 e. The molecule has 1 aromatic carbocycles. The van der Waals surface area contributed by atoms with Crippen molar-refractivity contribution in [2.75, 3.05) is 0 Å². The van der Waals surface area contributed by atoms with Crippen LogP contribution in [-0.4, -0.2) is 31.2 Å². The van der Waals surface area contributed by atoms with Gasteiger partial charge in [-0.25, -0.2) is 0 Å². The van der Waals surface area contributed by atoms with Crippen LogP contribution in [0.25, 0.3) is 0 Å². The van der Waals surface area contributed by atoms with Crippen LogP contribution in [0, 0.1) is 18.8 Å². The Morgan fingerprint density at radius 1 is 1.26 bits per heavy atom. The van der Waals surface area contributed by atoms with Gasteiger partial charge in [-0.05, 0) is 86.0 Å². The van der Waals surface area contributed by atoms with E-state index in [0.717, 1.165) is 66.7 Å². The topological polar surface area (TPSA) is 104 Å². The predicted octanol–water partition coefficient (Wildman–Crippen LogP) is 4.28. The van der Waals surface area contributed by atoms with E-state index in [0.29, 0.717) is 35.7 Å². The summed E-state index contributed by atoms with van der Waals surface area (Å²) in [4.78, 5) is 21.7. The summed E-state index contributed by atoms with van der Waals surface area (Å²) in [7, 11) is 0. The van der Waals surface area contributed by atoms with Crippen LogP contribution in [0.3, 0.4) is 0 Å². The van der Waals surface area contributed by atoms with Crippen molar-refractivity contribution < 1.29 is 9.90 Å². The standard InChI is InChI=1S/C28H33N5O2/c1-4-16-9-21-17(10-24(16)34)5-6-20-19(21)7-8-28(3)23(20)11-22-25(32-33-26(22)28)27(35)31-14-18-13-29-15(2)12-30-18/h9-10,12-13,19-20,23,34H,4-8,11,14H2,1-3H3,(H,31,35)(H,32,33)/t19?,20?,23?,28-/m0/s1. The van der Waals surface area contributed by atoms with Gasteiger partial charge in [0.1, 0.15) is 5.75 Å². The number of nitrogens with one attached hydrogen (secondary N) is 2. The average molecular weight is 472 g/mol. The molecule has 182 valence electrons. The molecule has 0 spiro atoms. The minimum atomic E-state index is -0.152. The molecule has 3 aromatic rings. The number of carbonyl (C=O) groups excluding carboxylic acids is 1. The third kappa shape index (κ3) is 3.46. The number of amides is 1. The van der Waals surface area contributed by atoms with Gasteiger partial charge >= 0.3 is 0 Å². The number of aromatic hydroxyl groups is 1. The highest BCUT2D eigenvalue weighted by Crippen LogP contribution is 2.60. The molecule has 0 radical (unpaired) electrons. The quantitative estimate of drug-likeness (QED) is 0.527. The molecule has 1 saturated carbocycles. The van der Waals surface area contributed by atoms with E-state index < -0.39 is 0 Å². The van der Waals surface area contributed by atoms with E-state index in [4.69, 9.17) is 0 Å². The molecule has 0 aliphatic heterocycles. The van der Waals surface area contributed by atoms with Crippen LogP contribution < -0.4 is 5.32 Å². The Morgan fingerprint density at radius 3 is 2.89 bits per heavy atom. The second kappa shape index (κ2) is 8.18. The van der Waals surface area contributed by atoms with Crippen molar-refractivity contribution in [1.82, 2.24) is 25.5 Å². The van der Waals surface area contributed by atoms with E-state index in [2.05, 4.69) is 45.4 Å². The monoisotopic (exact) mass is 471 g/mol. The molecule has 2 aromatic heterocycles. The smallest absolute Gasteiger partial charge is 0.272 e. The maximum Gasteiger partial charge on any atom is 0.272 e. The van der Waals surface area contributed by atoms with Gasteiger partial charge in [0.2, 0.25) is 0 Å². The van der Waals surface area contributed by atoms with Crippen LogP contribution in [0.1, 0.15) is 88.9 Å². The third-order valence-electron chi connectivity index (χ3n) is 9.04. The van der Waals surface area contributed by atoms with Crippen molar-refractivity contribution in [2.24, 2.45) is 11.8 Å². The molecule has 1 amide bonds. The lowest BCUT2D eigenvalue weighted by molar-refractivity contribution is 0.0937. The van der Waals surface area contributed by atoms with Crippen LogP contribution >= 0.6 is 0 Å². The second-order valence-corrected chi connectivity index (χ2v) is 10.9. The summed E-state index contributed by atoms with van der Waals surface area (Å²) in [5.74, 6) is 1.89. The second-order valence-electron chi connectivity index (χ2n) is 10.9. The van der Waals surface area contributed by atoms with E-state index in [-0.39, 0.29) is 11.3 Å². The van der Waals surface area contributed by atoms with Crippen molar-refractivity contribution in [3.8, 4) is 5.75 Å². The fourth-order valence-corrected chi connectivity index (χ4v) is 7.15. The number of hydrogen-bond acceptors (Lipinski definition) is 5. The van der Waals surface area contributed by atoms with Crippen molar-refractivity contribution in [3.63, 3.8) is 0 Å². The fourth-order valence-electron chi connectivity index (χ4n) is 7.15. The zero-order chi connectivity index (χ0) is 24.3. The lowest BCUT2D eigenvalue weighted by Crippen LogP contribution is -2.43. The first-order valence-electron chi connectivity index (χ1n) is 12.9. The highest BCUT2D eigenvalue weighted by molar-refractivity contribution is 5.94. The highest BCUT2D eigenvalue weighted by Gasteiger charge is 2.55. The molecule has 3 aliphatic rings. The maximum absolute atomic E-state index is 13.1. The van der Waals surface area contributed by atoms with Gasteiger partial charge in [0.25, 0.3) is 5.91 Å². The van der Waals surface area contributed by atoms with E-state index in [1.807, 2.05) is 13.0 Å². The molecular formula is C28H33N5O2. The first kappa shape index (κ1) is 22.3. The average Bonchev–Trinajstić information content (AvgIpc) is 3.41. The minimum absolute atomic E-state index is 0.0203. The number of hydrogen-bond donors (Lipinski definition) is 3. The van der Waals surface area contributed by atoms with Crippen LogP contribution in [0.5, 0.6) is 5.75 Å². The lowest BCUT2D eigenvalue weighted by Gasteiger charge is -2.49. The number of rotatable bonds is 4. The lowest BCUT2D eigenvalue weighted by atomic mass is 9.55. The SMILES string of the molecule is CCc1cc2c(cc1O)CCC1C2CC[C@]2(C)c3[nH]nc(C(=O)NCc4cnc(C)cn4)c3CC12. The molecule has 35 heavy (non-hydrogen) atoms. The molecule has 1 fully saturated rings. The molecule has 7 nitrogen and oxygen atoms in total. The van der Waals surface area contributed by atoms with Gasteiger partial charge in [-0.2, -0.15) is 5.10 Å². The first-order valence-corrected chi connectivity index (χ1v) is 12.9. The largest absolute Gasteiger partial charge is 0.508 e. The molecule has 2 heterocycles. The number of H-pyrrole nitrogens is 1. The van der Waals surface area contributed by atoms with Crippen molar-refractivity contribution >= 4 is 5.91 Å². The number of nitrogens with zero attached hydrogens (tertiary/aromatic N) is 3. The number of aromatic amines is 1. The molecule has 3 unspecified atom stereocenters. The predicted molar refractivity (Wildman–Crippen MR) is 132 cm³/mol. The van der Waals surface area contributed by atoms with Crippen LogP contribution in [0.15, 0.2) is 24.5 Å². The Morgan fingerprint density at radius 2 is 2.11 bits per heavy atom. The van der Waals surface area contributed by atoms with Gasteiger partial charge in [0.05, 0.1) is 24.1 Å². The van der Waals surface area contributed by atoms with E-state index in [1.54, 1.807) is 12.4 Å². The summed E-state index contributed by atoms with van der Waals surface area (Å²) in [6, 6.07) is 4.28. The van der Waals surface area contributed by atoms with E-state index in [9.17, 15) is 9.90 Å². The van der Waals surface area contributed by atoms with Gasteiger partial charge in [-0.3, -0.25) is 19.9 Å². The third-order valence-corrected chi connectivity index (χ3v) is 9.04. The van der Waals surface area contributed by atoms with E-state index in [1.165, 1.54) is 11.1 Å². The molecule has 4 atom stereocenters. The maximum atomic E-state index is 13.1. The van der Waals surface area contributed by atoms with E-state index >= 15 is 0 Å². The van der Waals surface area contributed by atoms with Crippen molar-refractivity contribution in [3.05, 3.63) is 69.6 Å². The Labute approximate surface area is 205 Å². The number of carbonyl (C=O) groups is 1. The molecule has 0 bridgehead atoms. The fraction of sp³-hybridized carbons (Fsp3) is 0.500. The molecule has 3 aliphatic carbocycles. The Balaban J connectivity index is 1.25. The number of benzene rings is 1. The molecule has 0 saturated heterocycles. The summed E-state index contributed by atoms with van der Waals surface area (Å²) < 4.78 is 0. The summed E-state index contributed by atoms with van der Waals surface area (Å²) in [6.07, 6.45) is 9.51. The molecular weight excluding hydrogens is 438 g/mol. The Hall–Kier alpha value is -3.22. The zero-order valence-electron chi connectivity index (χ0n) is 20.7. The molecule has 3 N–H and O–H groups in total. The van der Waals surface area contributed by atoms with Crippen molar-refractivity contribution in [1.29, 1.82) is 0 Å². The number of phenols is 1. The molecule has 7 heteroatoms. The summed E-state index contributed by atoms with van der Waals surface area (Å²) in [5, 5.41) is 21.1. The number of aromatic nitrogens is 4. The van der Waals surface area contributed by atoms with Gasteiger partial charge in [-0.1, -0.05) is 19.9 Å². The zero-order valence-corrected chi connectivity index (χ0v) is 20.7. The van der Waals surface area contributed by atoms with Gasteiger partial charge in [0, 0.05) is 22.9 Å². The van der Waals surface area contributed by atoms with Crippen LogP contribution in [-0.2, 0) is 31.2 Å². The number of fused-ring (bicyclic) bond motifs is 7. The summed E-state index contributed by atoms with van der Waals surface area (Å²) >= 11 is 0. The normalized spacial score (nSPS) is 26.4. The highest BCUT2D eigenvalue weighted by atomic mass is 16.3. The molecule has 6 rings (SSSR count). The Kier molecular flexibility index (Phi) is 5.20. The number of phenolic OH excluding ortho intramolecular Hbond substituents is 1. The number of aryl methyl sites for hydroxylation is 3. The van der Waals surface area contributed by atoms with Crippen LogP contribution in [0.4, 0.5) is 0 Å². The van der Waals surface area contributed by atoms with Gasteiger partial charge < -0.3 is 10.4 Å². The first-order chi connectivity index (χ1) is 16.9. The summed E-state index contributed by atoms with van der Waals surface area (Å²) in [5.41, 5.74) is 8.21. The van der Waals surface area contributed by atoms with Crippen LogP contribution in [0.2, 0.25) is 0 Å². The van der Waals surface area contributed by atoms with Gasteiger partial charge in [-0.15, -0.1) is 0 Å². The van der Waals surface area contributed by atoms with Crippen molar-refractivity contribution in [2.45, 2.75) is 77.2 Å².